The van der Waals surface area contributed by atoms with Gasteiger partial charge in [0.2, 0.25) is 0 Å². The Morgan fingerprint density at radius 3 is 2.69 bits per heavy atom. The fourth-order valence-electron chi connectivity index (χ4n) is 3.63. The molecule has 1 aliphatic rings. The second-order valence-corrected chi connectivity index (χ2v) is 7.06. The Balaban J connectivity index is 1.39. The third-order valence-electron chi connectivity index (χ3n) is 5.16. The fraction of sp³-hybridized carbons (Fsp3) is 0.318. The summed E-state index contributed by atoms with van der Waals surface area (Å²) < 4.78 is 15.9. The van der Waals surface area contributed by atoms with Crippen molar-refractivity contribution in [1.29, 1.82) is 0 Å². The number of aromatic nitrogens is 2. The number of rotatable bonds is 6. The van der Waals surface area contributed by atoms with Gasteiger partial charge in [-0.1, -0.05) is 23.4 Å². The monoisotopic (exact) mass is 393 g/mol. The van der Waals surface area contributed by atoms with Crippen LogP contribution in [0.2, 0.25) is 0 Å². The lowest BCUT2D eigenvalue weighted by Crippen LogP contribution is -2.29. The minimum atomic E-state index is -0.00783. The van der Waals surface area contributed by atoms with Crippen molar-refractivity contribution >= 4 is 5.91 Å². The zero-order valence-electron chi connectivity index (χ0n) is 16.5. The number of carbonyl (C=O) groups is 1. The molecule has 3 aromatic rings. The first-order valence-electron chi connectivity index (χ1n) is 9.57. The number of nitrogens with zero attached hydrogens (tertiary/aromatic N) is 3. The number of amides is 1. The Morgan fingerprint density at radius 2 is 1.93 bits per heavy atom. The van der Waals surface area contributed by atoms with Crippen LogP contribution in [0.5, 0.6) is 11.5 Å². The van der Waals surface area contributed by atoms with E-state index in [0.29, 0.717) is 54.2 Å². The van der Waals surface area contributed by atoms with Crippen molar-refractivity contribution in [3.8, 4) is 23.0 Å². The molecule has 7 nitrogen and oxygen atoms in total. The molecule has 7 heteroatoms. The summed E-state index contributed by atoms with van der Waals surface area (Å²) in [6.07, 6.45) is 1.60. The maximum atomic E-state index is 12.9. The molecule has 1 saturated heterocycles. The highest BCUT2D eigenvalue weighted by Gasteiger charge is 2.28. The molecular formula is C22H23N3O4. The van der Waals surface area contributed by atoms with Crippen molar-refractivity contribution in [2.24, 2.45) is 5.92 Å². The van der Waals surface area contributed by atoms with Crippen LogP contribution in [0, 0.1) is 5.92 Å². The molecule has 1 amide bonds. The molecule has 29 heavy (non-hydrogen) atoms. The highest BCUT2D eigenvalue weighted by molar-refractivity contribution is 5.95. The molecule has 1 aromatic heterocycles. The Morgan fingerprint density at radius 1 is 1.14 bits per heavy atom. The number of hydrogen-bond acceptors (Lipinski definition) is 6. The van der Waals surface area contributed by atoms with Crippen molar-refractivity contribution in [2.45, 2.75) is 12.8 Å². The molecule has 150 valence electrons. The number of ether oxygens (including phenoxy) is 2. The standard InChI is InChI=1S/C22H23N3O4/c1-27-18-9-8-17(13-19(18)28-2)22(26)25-11-10-15(14-25)12-20-23-21(29-24-20)16-6-4-3-5-7-16/h3-9,13,15H,10-12,14H2,1-2H3. The van der Waals surface area contributed by atoms with E-state index in [4.69, 9.17) is 14.0 Å². The molecule has 4 rings (SSSR count). The zero-order chi connectivity index (χ0) is 20.2. The van der Waals surface area contributed by atoms with Crippen LogP contribution in [-0.2, 0) is 6.42 Å². The van der Waals surface area contributed by atoms with Crippen molar-refractivity contribution in [1.82, 2.24) is 15.0 Å². The second kappa shape index (κ2) is 8.34. The summed E-state index contributed by atoms with van der Waals surface area (Å²) >= 11 is 0. The van der Waals surface area contributed by atoms with E-state index in [1.54, 1.807) is 32.4 Å². The molecule has 0 aliphatic carbocycles. The number of benzene rings is 2. The van der Waals surface area contributed by atoms with Crippen molar-refractivity contribution < 1.29 is 18.8 Å². The summed E-state index contributed by atoms with van der Waals surface area (Å²) in [6.45, 7) is 1.38. The molecule has 2 aromatic carbocycles. The van der Waals surface area contributed by atoms with Gasteiger partial charge in [0.25, 0.3) is 11.8 Å². The predicted molar refractivity (Wildman–Crippen MR) is 107 cm³/mol. The Kier molecular flexibility index (Phi) is 5.46. The van der Waals surface area contributed by atoms with E-state index < -0.39 is 0 Å². The quantitative estimate of drug-likeness (QED) is 0.638. The Labute approximate surface area is 169 Å². The third kappa shape index (κ3) is 4.08. The topological polar surface area (TPSA) is 77.7 Å². The average molecular weight is 393 g/mol. The van der Waals surface area contributed by atoms with Gasteiger partial charge in [-0.2, -0.15) is 4.98 Å². The van der Waals surface area contributed by atoms with Gasteiger partial charge in [0.1, 0.15) is 0 Å². The third-order valence-corrected chi connectivity index (χ3v) is 5.16. The van der Waals surface area contributed by atoms with Crippen LogP contribution in [-0.4, -0.2) is 48.3 Å². The van der Waals surface area contributed by atoms with E-state index in [0.717, 1.165) is 12.0 Å². The van der Waals surface area contributed by atoms with Crippen LogP contribution in [0.4, 0.5) is 0 Å². The summed E-state index contributed by atoms with van der Waals surface area (Å²) in [5.74, 6) is 2.65. The molecular weight excluding hydrogens is 370 g/mol. The van der Waals surface area contributed by atoms with Gasteiger partial charge in [0.15, 0.2) is 17.3 Å². The summed E-state index contributed by atoms with van der Waals surface area (Å²) in [6, 6.07) is 14.9. The maximum absolute atomic E-state index is 12.9. The molecule has 0 N–H and O–H groups in total. The van der Waals surface area contributed by atoms with E-state index in [1.807, 2.05) is 35.2 Å². The average Bonchev–Trinajstić information content (AvgIpc) is 3.43. The van der Waals surface area contributed by atoms with Gasteiger partial charge in [0.05, 0.1) is 14.2 Å². The van der Waals surface area contributed by atoms with Gasteiger partial charge >= 0.3 is 0 Å². The van der Waals surface area contributed by atoms with E-state index in [2.05, 4.69) is 10.1 Å². The molecule has 1 aliphatic heterocycles. The molecule has 1 fully saturated rings. The summed E-state index contributed by atoms with van der Waals surface area (Å²) in [4.78, 5) is 19.2. The van der Waals surface area contributed by atoms with Crippen molar-refractivity contribution in [3.63, 3.8) is 0 Å². The van der Waals surface area contributed by atoms with Crippen molar-refractivity contribution in [2.75, 3.05) is 27.3 Å². The molecule has 2 heterocycles. The van der Waals surface area contributed by atoms with Crippen LogP contribution < -0.4 is 9.47 Å². The Bertz CT molecular complexity index is 987. The molecule has 0 radical (unpaired) electrons. The second-order valence-electron chi connectivity index (χ2n) is 7.06. The zero-order valence-corrected chi connectivity index (χ0v) is 16.5. The first-order valence-corrected chi connectivity index (χ1v) is 9.57. The van der Waals surface area contributed by atoms with Crippen molar-refractivity contribution in [3.05, 3.63) is 59.9 Å². The molecule has 1 unspecified atom stereocenters. The van der Waals surface area contributed by atoms with Gasteiger partial charge in [0, 0.05) is 30.6 Å². The van der Waals surface area contributed by atoms with E-state index in [9.17, 15) is 4.79 Å². The number of methoxy groups -OCH3 is 2. The Hall–Kier alpha value is -3.35. The summed E-state index contributed by atoms with van der Waals surface area (Å²) in [7, 11) is 3.14. The molecule has 0 spiro atoms. The number of likely N-dealkylation sites (tertiary alicyclic amines) is 1. The van der Waals surface area contributed by atoms with E-state index in [-0.39, 0.29) is 5.91 Å². The highest BCUT2D eigenvalue weighted by atomic mass is 16.5. The minimum Gasteiger partial charge on any atom is -0.493 e. The van der Waals surface area contributed by atoms with Gasteiger partial charge in [-0.05, 0) is 42.7 Å². The lowest BCUT2D eigenvalue weighted by molar-refractivity contribution is 0.0786. The number of hydrogen-bond donors (Lipinski definition) is 0. The van der Waals surface area contributed by atoms with E-state index >= 15 is 0 Å². The lowest BCUT2D eigenvalue weighted by Gasteiger charge is -2.17. The van der Waals surface area contributed by atoms with Crippen LogP contribution in [0.1, 0.15) is 22.6 Å². The predicted octanol–water partition coefficient (Wildman–Crippen LogP) is 3.46. The smallest absolute Gasteiger partial charge is 0.257 e. The number of carbonyl (C=O) groups excluding carboxylic acids is 1. The van der Waals surface area contributed by atoms with Crippen LogP contribution >= 0.6 is 0 Å². The van der Waals surface area contributed by atoms with Gasteiger partial charge in [-0.3, -0.25) is 4.79 Å². The first kappa shape index (κ1) is 19.0. The largest absolute Gasteiger partial charge is 0.493 e. The summed E-state index contributed by atoms with van der Waals surface area (Å²) in [5.41, 5.74) is 1.50. The normalized spacial score (nSPS) is 16.1. The molecule has 0 saturated carbocycles. The van der Waals surface area contributed by atoms with E-state index in [1.165, 1.54) is 0 Å². The fourth-order valence-corrected chi connectivity index (χ4v) is 3.63. The molecule has 0 bridgehead atoms. The van der Waals surface area contributed by atoms with Crippen LogP contribution in [0.25, 0.3) is 11.5 Å². The summed E-state index contributed by atoms with van der Waals surface area (Å²) in [5, 5.41) is 4.11. The maximum Gasteiger partial charge on any atom is 0.257 e. The van der Waals surface area contributed by atoms with Gasteiger partial charge in [-0.15, -0.1) is 0 Å². The molecule has 1 atom stereocenters. The minimum absolute atomic E-state index is 0.00783. The lowest BCUT2D eigenvalue weighted by atomic mass is 10.0. The van der Waals surface area contributed by atoms with Gasteiger partial charge in [-0.25, -0.2) is 0 Å². The van der Waals surface area contributed by atoms with Gasteiger partial charge < -0.3 is 18.9 Å². The SMILES string of the molecule is COc1ccc(C(=O)N2CCC(Cc3noc(-c4ccccc4)n3)C2)cc1OC. The van der Waals surface area contributed by atoms with Crippen LogP contribution in [0.15, 0.2) is 53.1 Å². The highest BCUT2D eigenvalue weighted by Crippen LogP contribution is 2.29. The first-order chi connectivity index (χ1) is 14.2. The van der Waals surface area contributed by atoms with Crippen LogP contribution in [0.3, 0.4) is 0 Å².